The number of aromatic nitrogens is 3. The maximum Gasteiger partial charge on any atom is 0.332 e. The lowest BCUT2D eigenvalue weighted by atomic mass is 9.90. The van der Waals surface area contributed by atoms with Crippen molar-refractivity contribution in [3.8, 4) is 5.69 Å². The molecule has 23 heavy (non-hydrogen) atoms. The summed E-state index contributed by atoms with van der Waals surface area (Å²) in [6, 6.07) is 7.26. The second-order valence-corrected chi connectivity index (χ2v) is 5.98. The lowest BCUT2D eigenvalue weighted by molar-refractivity contribution is 0.462. The van der Waals surface area contributed by atoms with Crippen LogP contribution in [-0.4, -0.2) is 27.6 Å². The number of rotatable bonds is 2. The summed E-state index contributed by atoms with van der Waals surface area (Å²) < 4.78 is 1.44. The van der Waals surface area contributed by atoms with Gasteiger partial charge in [-0.2, -0.15) is 0 Å². The molecule has 118 valence electrons. The molecule has 0 radical (unpaired) electrons. The predicted octanol–water partition coefficient (Wildman–Crippen LogP) is 1.47. The number of H-pyrrole nitrogens is 2. The van der Waals surface area contributed by atoms with E-state index in [0.717, 1.165) is 37.1 Å². The van der Waals surface area contributed by atoms with Gasteiger partial charge in [-0.1, -0.05) is 6.07 Å². The molecule has 3 aromatic rings. The minimum Gasteiger partial charge on any atom is -0.361 e. The molecule has 0 spiro atoms. The van der Waals surface area contributed by atoms with Gasteiger partial charge in [0.25, 0.3) is 5.56 Å². The van der Waals surface area contributed by atoms with E-state index in [1.165, 1.54) is 27.8 Å². The van der Waals surface area contributed by atoms with E-state index in [-0.39, 0.29) is 5.56 Å². The molecule has 6 heteroatoms. The Bertz CT molecular complexity index is 960. The van der Waals surface area contributed by atoms with Gasteiger partial charge in [0, 0.05) is 29.4 Å². The van der Waals surface area contributed by atoms with Crippen LogP contribution in [0.25, 0.3) is 16.6 Å². The molecule has 1 aliphatic rings. The van der Waals surface area contributed by atoms with Crippen molar-refractivity contribution in [3.05, 3.63) is 63.1 Å². The average molecular weight is 310 g/mol. The van der Waals surface area contributed by atoms with Crippen molar-refractivity contribution >= 4 is 10.9 Å². The Morgan fingerprint density at radius 3 is 2.70 bits per heavy atom. The first-order valence-corrected chi connectivity index (χ1v) is 7.86. The molecule has 0 atom stereocenters. The molecule has 2 aromatic heterocycles. The van der Waals surface area contributed by atoms with E-state index in [1.807, 2.05) is 12.1 Å². The molecular weight excluding hydrogens is 292 g/mol. The first-order chi connectivity index (χ1) is 11.2. The normalized spacial score (nSPS) is 16.0. The minimum absolute atomic E-state index is 0.389. The first kappa shape index (κ1) is 14.0. The molecule has 0 aliphatic carbocycles. The summed E-state index contributed by atoms with van der Waals surface area (Å²) in [6.45, 7) is 2.12. The number of fused-ring (bicyclic) bond motifs is 1. The average Bonchev–Trinajstić information content (AvgIpc) is 2.99. The zero-order chi connectivity index (χ0) is 15.8. The number of hydrogen-bond donors (Lipinski definition) is 3. The zero-order valence-electron chi connectivity index (χ0n) is 12.6. The van der Waals surface area contributed by atoms with Gasteiger partial charge in [0.1, 0.15) is 0 Å². The van der Waals surface area contributed by atoms with Gasteiger partial charge in [0.2, 0.25) is 0 Å². The van der Waals surface area contributed by atoms with E-state index in [1.54, 1.807) is 0 Å². The van der Waals surface area contributed by atoms with Crippen molar-refractivity contribution in [2.45, 2.75) is 18.8 Å². The van der Waals surface area contributed by atoms with Crippen LogP contribution in [0.4, 0.5) is 0 Å². The molecule has 1 aromatic carbocycles. The fraction of sp³-hybridized carbons (Fsp3) is 0.294. The molecule has 0 bridgehead atoms. The van der Waals surface area contributed by atoms with E-state index in [4.69, 9.17) is 0 Å². The van der Waals surface area contributed by atoms with Crippen LogP contribution in [0.1, 0.15) is 24.3 Å². The number of hydrogen-bond acceptors (Lipinski definition) is 3. The van der Waals surface area contributed by atoms with Crippen LogP contribution in [0.3, 0.4) is 0 Å². The minimum atomic E-state index is -0.429. The van der Waals surface area contributed by atoms with Crippen LogP contribution in [0.2, 0.25) is 0 Å². The molecule has 6 nitrogen and oxygen atoms in total. The van der Waals surface area contributed by atoms with Crippen LogP contribution in [0, 0.1) is 0 Å². The van der Waals surface area contributed by atoms with Crippen molar-refractivity contribution in [1.82, 2.24) is 19.9 Å². The van der Waals surface area contributed by atoms with Gasteiger partial charge in [0.05, 0.1) is 5.69 Å². The van der Waals surface area contributed by atoms with E-state index < -0.39 is 5.69 Å². The maximum atomic E-state index is 11.9. The van der Waals surface area contributed by atoms with Gasteiger partial charge in [-0.3, -0.25) is 14.3 Å². The lowest BCUT2D eigenvalue weighted by Crippen LogP contribution is -2.27. The fourth-order valence-corrected chi connectivity index (χ4v) is 3.38. The molecule has 0 unspecified atom stereocenters. The number of nitrogens with zero attached hydrogens (tertiary/aromatic N) is 1. The van der Waals surface area contributed by atoms with Gasteiger partial charge in [-0.05, 0) is 49.5 Å². The molecule has 1 fully saturated rings. The van der Waals surface area contributed by atoms with E-state index in [0.29, 0.717) is 5.92 Å². The monoisotopic (exact) mass is 310 g/mol. The summed E-state index contributed by atoms with van der Waals surface area (Å²) >= 11 is 0. The van der Waals surface area contributed by atoms with E-state index in [2.05, 4.69) is 27.5 Å². The van der Waals surface area contributed by atoms with Crippen molar-refractivity contribution in [2.24, 2.45) is 0 Å². The molecule has 0 saturated carbocycles. The highest BCUT2D eigenvalue weighted by molar-refractivity contribution is 5.85. The number of piperidine rings is 1. The van der Waals surface area contributed by atoms with Crippen molar-refractivity contribution in [3.63, 3.8) is 0 Å². The Morgan fingerprint density at radius 1 is 1.09 bits per heavy atom. The summed E-state index contributed by atoms with van der Waals surface area (Å²) in [5.41, 5.74) is 2.27. The van der Waals surface area contributed by atoms with Crippen LogP contribution >= 0.6 is 0 Å². The number of nitrogens with one attached hydrogen (secondary N) is 3. The van der Waals surface area contributed by atoms with Crippen molar-refractivity contribution in [1.29, 1.82) is 0 Å². The summed E-state index contributed by atoms with van der Waals surface area (Å²) in [7, 11) is 0. The maximum absolute atomic E-state index is 11.9. The Balaban J connectivity index is 1.77. The second kappa shape index (κ2) is 5.55. The molecule has 3 heterocycles. The van der Waals surface area contributed by atoms with Crippen molar-refractivity contribution in [2.75, 3.05) is 13.1 Å². The Hall–Kier alpha value is -2.60. The van der Waals surface area contributed by atoms with Gasteiger partial charge >= 0.3 is 5.69 Å². The highest BCUT2D eigenvalue weighted by Gasteiger charge is 2.18. The molecule has 4 rings (SSSR count). The topological polar surface area (TPSA) is 82.7 Å². The summed E-state index contributed by atoms with van der Waals surface area (Å²) in [6.07, 6.45) is 5.88. The third-order valence-corrected chi connectivity index (χ3v) is 4.58. The van der Waals surface area contributed by atoms with Crippen LogP contribution < -0.4 is 16.6 Å². The second-order valence-electron chi connectivity index (χ2n) is 5.98. The Kier molecular flexibility index (Phi) is 3.38. The summed E-state index contributed by atoms with van der Waals surface area (Å²) in [5, 5.41) is 4.60. The standard InChI is InChI=1S/C17H18N4O2/c22-16-5-8-21(17(23)20-16)12-1-2-13-14(10-19-15(13)9-12)11-3-6-18-7-4-11/h1-2,5,8-11,18-19H,3-4,6-7H2,(H,20,22,23). The summed E-state index contributed by atoms with van der Waals surface area (Å²) in [4.78, 5) is 28.7. The third-order valence-electron chi connectivity index (χ3n) is 4.58. The largest absolute Gasteiger partial charge is 0.361 e. The van der Waals surface area contributed by atoms with E-state index >= 15 is 0 Å². The van der Waals surface area contributed by atoms with Crippen LogP contribution in [-0.2, 0) is 0 Å². The Labute approximate surface area is 132 Å². The van der Waals surface area contributed by atoms with Gasteiger partial charge in [-0.25, -0.2) is 4.79 Å². The summed E-state index contributed by atoms with van der Waals surface area (Å²) in [5.74, 6) is 0.576. The van der Waals surface area contributed by atoms with Gasteiger partial charge in [0.15, 0.2) is 0 Å². The van der Waals surface area contributed by atoms with Crippen LogP contribution in [0.5, 0.6) is 0 Å². The number of aromatic amines is 2. The van der Waals surface area contributed by atoms with Gasteiger partial charge < -0.3 is 10.3 Å². The molecule has 3 N–H and O–H groups in total. The Morgan fingerprint density at radius 2 is 1.91 bits per heavy atom. The zero-order valence-corrected chi connectivity index (χ0v) is 12.6. The lowest BCUT2D eigenvalue weighted by Gasteiger charge is -2.22. The quantitative estimate of drug-likeness (QED) is 0.670. The highest BCUT2D eigenvalue weighted by Crippen LogP contribution is 2.32. The smallest absolute Gasteiger partial charge is 0.332 e. The van der Waals surface area contributed by atoms with E-state index in [9.17, 15) is 9.59 Å². The molecule has 0 amide bonds. The molecular formula is C17H18N4O2. The van der Waals surface area contributed by atoms with Gasteiger partial charge in [-0.15, -0.1) is 0 Å². The predicted molar refractivity (Wildman–Crippen MR) is 89.4 cm³/mol. The number of benzene rings is 1. The first-order valence-electron chi connectivity index (χ1n) is 7.86. The third kappa shape index (κ3) is 2.51. The molecule has 1 aliphatic heterocycles. The molecule has 1 saturated heterocycles. The highest BCUT2D eigenvalue weighted by atomic mass is 16.2. The fourth-order valence-electron chi connectivity index (χ4n) is 3.38. The van der Waals surface area contributed by atoms with Crippen LogP contribution in [0.15, 0.2) is 46.2 Å². The SMILES string of the molecule is O=c1ccn(-c2ccc3c(C4CCNCC4)c[nH]c3c2)c(=O)[nH]1. The van der Waals surface area contributed by atoms with Crippen molar-refractivity contribution < 1.29 is 0 Å².